The Bertz CT molecular complexity index is 369. The highest BCUT2D eigenvalue weighted by atomic mass is 32.2. The fourth-order valence-electron chi connectivity index (χ4n) is 2.58. The lowest BCUT2D eigenvalue weighted by molar-refractivity contribution is 0.448. The first-order valence-corrected chi connectivity index (χ1v) is 7.52. The molecule has 1 aromatic rings. The molecule has 1 nitrogen and oxygen atoms in total. The number of nitrogens with one attached hydrogen (secondary N) is 1. The minimum Gasteiger partial charge on any atom is -0.307 e. The van der Waals surface area contributed by atoms with Crippen LogP contribution in [0.3, 0.4) is 0 Å². The van der Waals surface area contributed by atoms with Crippen LogP contribution in [0.4, 0.5) is 4.39 Å². The molecule has 3 heteroatoms. The number of halogens is 1. The van der Waals surface area contributed by atoms with Crippen LogP contribution in [0.2, 0.25) is 0 Å². The van der Waals surface area contributed by atoms with Crippen LogP contribution in [-0.2, 0) is 0 Å². The summed E-state index contributed by atoms with van der Waals surface area (Å²) in [7, 11) is 0. The van der Waals surface area contributed by atoms with Gasteiger partial charge in [0.2, 0.25) is 0 Å². The van der Waals surface area contributed by atoms with E-state index < -0.39 is 0 Å². The molecule has 3 atom stereocenters. The van der Waals surface area contributed by atoms with Crippen molar-refractivity contribution in [2.45, 2.75) is 43.5 Å². The molecule has 0 aromatic heterocycles. The Hall–Kier alpha value is -0.540. The minimum atomic E-state index is -0.105. The van der Waals surface area contributed by atoms with E-state index in [9.17, 15) is 4.39 Å². The van der Waals surface area contributed by atoms with Crippen molar-refractivity contribution in [2.75, 3.05) is 6.26 Å². The van der Waals surface area contributed by atoms with E-state index in [1.165, 1.54) is 25.3 Å². The predicted molar refractivity (Wildman–Crippen MR) is 72.9 cm³/mol. The molecule has 0 amide bonds. The molecular formula is C14H20FNS. The van der Waals surface area contributed by atoms with Crippen molar-refractivity contribution < 1.29 is 4.39 Å². The van der Waals surface area contributed by atoms with E-state index in [0.29, 0.717) is 6.04 Å². The summed E-state index contributed by atoms with van der Waals surface area (Å²) in [6.45, 7) is 2.05. The molecule has 1 aromatic carbocycles. The zero-order valence-electron chi connectivity index (χ0n) is 10.4. The van der Waals surface area contributed by atoms with E-state index in [-0.39, 0.29) is 11.9 Å². The van der Waals surface area contributed by atoms with Crippen molar-refractivity contribution >= 4 is 11.8 Å². The quantitative estimate of drug-likeness (QED) is 0.877. The lowest BCUT2D eigenvalue weighted by atomic mass is 10.1. The molecule has 0 radical (unpaired) electrons. The standard InChI is InChI=1S/C14H20FNS/c1-10(13-5-3-4-6-14(13)15)16-11-7-8-12(9-11)17-2/h3-6,10-12,16H,7-9H2,1-2H3. The first kappa shape index (κ1) is 12.9. The molecule has 94 valence electrons. The summed E-state index contributed by atoms with van der Waals surface area (Å²) >= 11 is 1.95. The second-order valence-electron chi connectivity index (χ2n) is 4.78. The Morgan fingerprint density at radius 3 is 2.76 bits per heavy atom. The number of hydrogen-bond donors (Lipinski definition) is 1. The van der Waals surface area contributed by atoms with Gasteiger partial charge in [0.25, 0.3) is 0 Å². The molecule has 0 bridgehead atoms. The third kappa shape index (κ3) is 3.23. The second kappa shape index (κ2) is 5.87. The van der Waals surface area contributed by atoms with Gasteiger partial charge in [0.1, 0.15) is 5.82 Å². The molecule has 1 fully saturated rings. The van der Waals surface area contributed by atoms with Gasteiger partial charge in [0.05, 0.1) is 0 Å². The summed E-state index contributed by atoms with van der Waals surface area (Å²) in [6, 6.07) is 7.69. The Balaban J connectivity index is 1.94. The monoisotopic (exact) mass is 253 g/mol. The second-order valence-corrected chi connectivity index (χ2v) is 5.92. The van der Waals surface area contributed by atoms with E-state index >= 15 is 0 Å². The smallest absolute Gasteiger partial charge is 0.127 e. The number of thioether (sulfide) groups is 1. The third-order valence-corrected chi connectivity index (χ3v) is 4.67. The Morgan fingerprint density at radius 2 is 2.12 bits per heavy atom. The zero-order chi connectivity index (χ0) is 12.3. The molecule has 0 aliphatic heterocycles. The van der Waals surface area contributed by atoms with Gasteiger partial charge in [-0.2, -0.15) is 11.8 Å². The summed E-state index contributed by atoms with van der Waals surface area (Å²) < 4.78 is 13.6. The Morgan fingerprint density at radius 1 is 1.35 bits per heavy atom. The summed E-state index contributed by atoms with van der Waals surface area (Å²) in [6.07, 6.45) is 5.88. The SMILES string of the molecule is CSC1CCC(NC(C)c2ccccc2F)C1. The molecule has 2 rings (SSSR count). The van der Waals surface area contributed by atoms with E-state index in [0.717, 1.165) is 10.8 Å². The van der Waals surface area contributed by atoms with Crippen molar-refractivity contribution in [3.8, 4) is 0 Å². The van der Waals surface area contributed by atoms with Gasteiger partial charge in [-0.05, 0) is 38.5 Å². The third-order valence-electron chi connectivity index (χ3n) is 3.58. The topological polar surface area (TPSA) is 12.0 Å². The normalized spacial score (nSPS) is 26.1. The maximum atomic E-state index is 13.6. The highest BCUT2D eigenvalue weighted by Gasteiger charge is 2.25. The van der Waals surface area contributed by atoms with Gasteiger partial charge in [0.15, 0.2) is 0 Å². The van der Waals surface area contributed by atoms with Crippen molar-refractivity contribution in [2.24, 2.45) is 0 Å². The molecule has 0 heterocycles. The van der Waals surface area contributed by atoms with Gasteiger partial charge in [-0.15, -0.1) is 0 Å². The van der Waals surface area contributed by atoms with Crippen molar-refractivity contribution in [3.63, 3.8) is 0 Å². The average Bonchev–Trinajstić information content (AvgIpc) is 2.77. The lowest BCUT2D eigenvalue weighted by Gasteiger charge is -2.20. The molecule has 0 spiro atoms. The lowest BCUT2D eigenvalue weighted by Crippen LogP contribution is -2.30. The average molecular weight is 253 g/mol. The zero-order valence-corrected chi connectivity index (χ0v) is 11.3. The van der Waals surface area contributed by atoms with Gasteiger partial charge in [-0.25, -0.2) is 4.39 Å². The molecular weight excluding hydrogens is 233 g/mol. The molecule has 0 saturated heterocycles. The van der Waals surface area contributed by atoms with Crippen molar-refractivity contribution in [1.82, 2.24) is 5.32 Å². The van der Waals surface area contributed by atoms with Gasteiger partial charge in [-0.1, -0.05) is 18.2 Å². The van der Waals surface area contributed by atoms with Crippen LogP contribution in [0.15, 0.2) is 24.3 Å². The van der Waals surface area contributed by atoms with Crippen LogP contribution >= 0.6 is 11.8 Å². The largest absolute Gasteiger partial charge is 0.307 e. The Kier molecular flexibility index (Phi) is 4.46. The summed E-state index contributed by atoms with van der Waals surface area (Å²) in [5, 5.41) is 4.32. The predicted octanol–water partition coefficient (Wildman–Crippen LogP) is 3.76. The highest BCUT2D eigenvalue weighted by Crippen LogP contribution is 2.30. The van der Waals surface area contributed by atoms with Crippen LogP contribution < -0.4 is 5.32 Å². The molecule has 1 aliphatic carbocycles. The van der Waals surface area contributed by atoms with Crippen LogP contribution in [0, 0.1) is 5.82 Å². The van der Waals surface area contributed by atoms with Gasteiger partial charge in [-0.3, -0.25) is 0 Å². The van der Waals surface area contributed by atoms with Gasteiger partial charge < -0.3 is 5.32 Å². The maximum Gasteiger partial charge on any atom is 0.127 e. The summed E-state index contributed by atoms with van der Waals surface area (Å²) in [4.78, 5) is 0. The maximum absolute atomic E-state index is 13.6. The highest BCUT2D eigenvalue weighted by molar-refractivity contribution is 7.99. The van der Waals surface area contributed by atoms with Gasteiger partial charge >= 0.3 is 0 Å². The molecule has 1 aliphatic rings. The van der Waals surface area contributed by atoms with Crippen molar-refractivity contribution in [1.29, 1.82) is 0 Å². The summed E-state index contributed by atoms with van der Waals surface area (Å²) in [5.41, 5.74) is 0.778. The van der Waals surface area contributed by atoms with Crippen LogP contribution in [0.5, 0.6) is 0 Å². The van der Waals surface area contributed by atoms with E-state index in [2.05, 4.69) is 11.6 Å². The number of hydrogen-bond acceptors (Lipinski definition) is 2. The molecule has 1 N–H and O–H groups in total. The van der Waals surface area contributed by atoms with Crippen LogP contribution in [0.25, 0.3) is 0 Å². The van der Waals surface area contributed by atoms with E-state index in [4.69, 9.17) is 0 Å². The van der Waals surface area contributed by atoms with Gasteiger partial charge in [0, 0.05) is 22.9 Å². The molecule has 3 unspecified atom stereocenters. The fraction of sp³-hybridized carbons (Fsp3) is 0.571. The minimum absolute atomic E-state index is 0.0989. The molecule has 1 saturated carbocycles. The number of benzene rings is 1. The van der Waals surface area contributed by atoms with Crippen LogP contribution in [-0.4, -0.2) is 17.5 Å². The first-order valence-electron chi connectivity index (χ1n) is 6.24. The van der Waals surface area contributed by atoms with Crippen LogP contribution in [0.1, 0.15) is 37.8 Å². The Labute approximate surface area is 107 Å². The molecule has 17 heavy (non-hydrogen) atoms. The fourth-order valence-corrected chi connectivity index (χ4v) is 3.37. The van der Waals surface area contributed by atoms with E-state index in [1.54, 1.807) is 6.07 Å². The van der Waals surface area contributed by atoms with E-state index in [1.807, 2.05) is 30.8 Å². The first-order chi connectivity index (χ1) is 8.20. The summed E-state index contributed by atoms with van der Waals surface area (Å²) in [5.74, 6) is -0.105. The van der Waals surface area contributed by atoms with Crippen molar-refractivity contribution in [3.05, 3.63) is 35.6 Å². The number of rotatable bonds is 4.